The van der Waals surface area contributed by atoms with Gasteiger partial charge in [0.15, 0.2) is 0 Å². The molecule has 0 bridgehead atoms. The van der Waals surface area contributed by atoms with Gasteiger partial charge in [-0.15, -0.1) is 13.2 Å². The van der Waals surface area contributed by atoms with Crippen molar-refractivity contribution in [2.75, 3.05) is 26.4 Å². The average Bonchev–Trinajstić information content (AvgIpc) is 2.39. The van der Waals surface area contributed by atoms with Crippen molar-refractivity contribution in [3.05, 3.63) is 11.0 Å². The molecule has 0 aromatic carbocycles. The molecule has 0 saturated carbocycles. The van der Waals surface area contributed by atoms with E-state index in [2.05, 4.69) is 16.3 Å². The molecule has 112 valence electrons. The largest absolute Gasteiger partial charge is 0.854 e. The van der Waals surface area contributed by atoms with Gasteiger partial charge in [0.2, 0.25) is 0 Å². The van der Waals surface area contributed by atoms with Crippen LogP contribution in [-0.4, -0.2) is 48.3 Å². The van der Waals surface area contributed by atoms with E-state index in [1.165, 1.54) is 0 Å². The molecule has 0 aromatic heterocycles. The fraction of sp³-hybridized carbons (Fsp3) is 0.857. The van der Waals surface area contributed by atoms with Crippen molar-refractivity contribution >= 4 is 16.3 Å². The van der Waals surface area contributed by atoms with E-state index >= 15 is 0 Å². The van der Waals surface area contributed by atoms with Crippen molar-refractivity contribution in [2.24, 2.45) is 5.73 Å². The van der Waals surface area contributed by atoms with Gasteiger partial charge in [-0.25, -0.2) is 0 Å². The standard InChI is InChI=1S/C8H16NO.2C3H7O.Al/c1-4-8(2,3)10-7-5-6-9;2*1-2-3-4;/h1,4H,5-7,9H2,2-3H3;2*2-3H2,1H3;/q;2*-1;+2. The van der Waals surface area contributed by atoms with Gasteiger partial charge >= 0.3 is 76.8 Å². The molecule has 0 aliphatic carbocycles. The first-order valence-electron chi connectivity index (χ1n) is 6.85. The summed E-state index contributed by atoms with van der Waals surface area (Å²) in [7, 11) is 0. The maximum Gasteiger partial charge on any atom is -0.0667 e. The zero-order chi connectivity index (χ0) is 15.6. The molecule has 4 nitrogen and oxygen atoms in total. The molecule has 0 saturated heterocycles. The monoisotopic (exact) mass is 287 g/mol. The van der Waals surface area contributed by atoms with Gasteiger partial charge in [-0.05, 0) is 0 Å². The molecule has 0 atom stereocenters. The zero-order valence-corrected chi connectivity index (χ0v) is 14.1. The molecule has 0 spiro atoms. The predicted molar refractivity (Wildman–Crippen MR) is 78.9 cm³/mol. The third-order valence-corrected chi connectivity index (χ3v) is 1.92. The van der Waals surface area contributed by atoms with Crippen LogP contribution in [0.5, 0.6) is 0 Å². The van der Waals surface area contributed by atoms with E-state index in [-0.39, 0.29) is 18.8 Å². The minimum absolute atomic E-state index is 0.0694. The Kier molecular flexibility index (Phi) is 26.0. The fourth-order valence-corrected chi connectivity index (χ4v) is 1.16. The molecule has 0 fully saturated rings. The summed E-state index contributed by atoms with van der Waals surface area (Å²) in [4.78, 5) is 1.92. The van der Waals surface area contributed by atoms with E-state index in [9.17, 15) is 10.2 Å². The summed E-state index contributed by atoms with van der Waals surface area (Å²) < 4.78 is 5.53. The van der Waals surface area contributed by atoms with Crippen LogP contribution in [0, 0.1) is 0 Å². The van der Waals surface area contributed by atoms with Crippen LogP contribution in [0.3, 0.4) is 0 Å². The Morgan fingerprint density at radius 3 is 1.84 bits per heavy atom. The SMILES string of the molecule is CC(C)(C=[CH][Al+2])OCCCN.CCC[O-].CCC[O-]. The first-order chi connectivity index (χ1) is 8.95. The quantitative estimate of drug-likeness (QED) is 0.540. The Bertz CT molecular complexity index is 168. The van der Waals surface area contributed by atoms with Gasteiger partial charge in [0.1, 0.15) is 0 Å². The van der Waals surface area contributed by atoms with Gasteiger partial charge in [-0.2, -0.15) is 0 Å². The average molecular weight is 287 g/mol. The molecule has 0 radical (unpaired) electrons. The topological polar surface area (TPSA) is 81.4 Å². The summed E-state index contributed by atoms with van der Waals surface area (Å²) in [6.45, 7) is 9.37. The molecule has 0 rings (SSSR count). The van der Waals surface area contributed by atoms with Crippen molar-refractivity contribution in [1.82, 2.24) is 0 Å². The maximum absolute atomic E-state index is 9.30. The van der Waals surface area contributed by atoms with E-state index in [0.717, 1.165) is 25.9 Å². The van der Waals surface area contributed by atoms with Crippen molar-refractivity contribution in [3.63, 3.8) is 0 Å². The zero-order valence-electron chi connectivity index (χ0n) is 13.0. The molecule has 0 amide bonds. The van der Waals surface area contributed by atoms with Gasteiger partial charge in [0.25, 0.3) is 0 Å². The molecule has 0 heterocycles. The molecule has 5 heteroatoms. The summed E-state index contributed by atoms with van der Waals surface area (Å²) in [6, 6.07) is 0. The predicted octanol–water partition coefficient (Wildman–Crippen LogP) is 0.326. The van der Waals surface area contributed by atoms with Gasteiger partial charge < -0.3 is 10.2 Å². The summed E-state index contributed by atoms with van der Waals surface area (Å²) in [5.41, 5.74) is 5.17. The van der Waals surface area contributed by atoms with Crippen molar-refractivity contribution in [3.8, 4) is 0 Å². The Morgan fingerprint density at radius 2 is 1.58 bits per heavy atom. The third kappa shape index (κ3) is 32.1. The first kappa shape index (κ1) is 24.2. The van der Waals surface area contributed by atoms with E-state index in [1.54, 1.807) is 0 Å². The van der Waals surface area contributed by atoms with Crippen LogP contribution in [0.15, 0.2) is 11.0 Å². The van der Waals surface area contributed by atoms with Gasteiger partial charge in [-0.3, -0.25) is 0 Å². The van der Waals surface area contributed by atoms with Crippen LogP contribution in [-0.2, 0) is 4.74 Å². The maximum atomic E-state index is 9.30. The number of hydrogen-bond donors (Lipinski definition) is 1. The number of hydrogen-bond acceptors (Lipinski definition) is 4. The fourth-order valence-electron chi connectivity index (χ4n) is 0.698. The Balaban J connectivity index is -0.000000264. The number of nitrogens with two attached hydrogens (primary N) is 1. The first-order valence-corrected chi connectivity index (χ1v) is 7.51. The van der Waals surface area contributed by atoms with Gasteiger partial charge in [0.05, 0.1) is 0 Å². The van der Waals surface area contributed by atoms with E-state index in [1.807, 2.05) is 38.7 Å². The molecule has 0 aliphatic heterocycles. The van der Waals surface area contributed by atoms with Crippen LogP contribution in [0.4, 0.5) is 0 Å². The van der Waals surface area contributed by atoms with Gasteiger partial charge in [-0.1, -0.05) is 26.7 Å². The summed E-state index contributed by atoms with van der Waals surface area (Å²) >= 11 is 2.53. The van der Waals surface area contributed by atoms with Crippen molar-refractivity contribution in [2.45, 2.75) is 52.6 Å². The van der Waals surface area contributed by atoms with Crippen LogP contribution >= 0.6 is 0 Å². The second-order valence-corrected chi connectivity index (χ2v) is 4.75. The minimum Gasteiger partial charge on any atom is -0.854 e. The number of rotatable bonds is 7. The molecular formula is C14H30AlNO3. The van der Waals surface area contributed by atoms with Crippen molar-refractivity contribution < 1.29 is 14.9 Å². The Labute approximate surface area is 127 Å². The normalized spacial score (nSPS) is 10.6. The second kappa shape index (κ2) is 20.4. The summed E-state index contributed by atoms with van der Waals surface area (Å²) in [6.07, 6.45) is 4.46. The smallest absolute Gasteiger partial charge is 0.0667 e. The third-order valence-electron chi connectivity index (χ3n) is 1.73. The Hall–Kier alpha value is 0.112. The number of ether oxygens (including phenoxy) is 1. The van der Waals surface area contributed by atoms with E-state index < -0.39 is 0 Å². The molecule has 0 aliphatic rings. The molecule has 19 heavy (non-hydrogen) atoms. The minimum atomic E-state index is -0.156. The molecule has 0 aromatic rings. The molecule has 2 N–H and O–H groups in total. The van der Waals surface area contributed by atoms with Crippen LogP contribution in [0.1, 0.15) is 47.0 Å². The Morgan fingerprint density at radius 1 is 1.16 bits per heavy atom. The second-order valence-electron chi connectivity index (χ2n) is 4.36. The molecular weight excluding hydrogens is 257 g/mol. The summed E-state index contributed by atoms with van der Waals surface area (Å²) in [5.74, 6) is 0. The summed E-state index contributed by atoms with van der Waals surface area (Å²) in [5, 5.41) is 18.6. The van der Waals surface area contributed by atoms with Gasteiger partial charge in [0, 0.05) is 0 Å². The molecule has 0 unspecified atom stereocenters. The van der Waals surface area contributed by atoms with E-state index in [4.69, 9.17) is 10.5 Å². The van der Waals surface area contributed by atoms with Crippen LogP contribution in [0.25, 0.3) is 0 Å². The van der Waals surface area contributed by atoms with E-state index in [0.29, 0.717) is 6.54 Å². The van der Waals surface area contributed by atoms with Crippen LogP contribution in [0.2, 0.25) is 0 Å². The van der Waals surface area contributed by atoms with Crippen LogP contribution < -0.4 is 15.9 Å². The van der Waals surface area contributed by atoms with Crippen molar-refractivity contribution in [1.29, 1.82) is 0 Å².